The molecule has 0 aromatic heterocycles. The highest BCUT2D eigenvalue weighted by molar-refractivity contribution is 6.11. The van der Waals surface area contributed by atoms with Gasteiger partial charge >= 0.3 is 0 Å². The molecule has 166 valence electrons. The summed E-state index contributed by atoms with van der Waals surface area (Å²) in [6, 6.07) is 21.4. The highest BCUT2D eigenvalue weighted by atomic mass is 16.5. The van der Waals surface area contributed by atoms with Crippen molar-refractivity contribution in [1.29, 1.82) is 0 Å². The number of benzene rings is 3. The normalized spacial score (nSPS) is 16.1. The zero-order valence-electron chi connectivity index (χ0n) is 18.7. The van der Waals surface area contributed by atoms with Gasteiger partial charge in [-0.25, -0.2) is 0 Å². The van der Waals surface area contributed by atoms with Crippen LogP contribution in [0.4, 0.5) is 5.69 Å². The summed E-state index contributed by atoms with van der Waals surface area (Å²) in [6.07, 6.45) is 0.867. The van der Waals surface area contributed by atoms with Crippen molar-refractivity contribution in [3.8, 4) is 11.5 Å². The van der Waals surface area contributed by atoms with Crippen molar-refractivity contribution >= 4 is 11.6 Å². The minimum atomic E-state index is -0.107. The lowest BCUT2D eigenvalue weighted by molar-refractivity contribution is 0.0992. The van der Waals surface area contributed by atoms with Crippen LogP contribution in [0.25, 0.3) is 0 Å². The quantitative estimate of drug-likeness (QED) is 0.513. The molecule has 0 saturated heterocycles. The number of hydrogen-bond acceptors (Lipinski definition) is 4. The lowest BCUT2D eigenvalue weighted by Crippen LogP contribution is -2.26. The van der Waals surface area contributed by atoms with Crippen molar-refractivity contribution < 1.29 is 19.4 Å². The molecule has 1 N–H and O–H groups in total. The van der Waals surface area contributed by atoms with Gasteiger partial charge in [-0.05, 0) is 54.2 Å². The number of anilines is 1. The van der Waals surface area contributed by atoms with Crippen molar-refractivity contribution in [3.05, 3.63) is 89.0 Å². The molecule has 3 aromatic rings. The van der Waals surface area contributed by atoms with Crippen LogP contribution < -0.4 is 14.4 Å². The van der Waals surface area contributed by atoms with E-state index in [4.69, 9.17) is 9.47 Å². The molecule has 0 radical (unpaired) electrons. The molecule has 1 amide bonds. The Labute approximate surface area is 189 Å². The first-order valence-electron chi connectivity index (χ1n) is 11.0. The van der Waals surface area contributed by atoms with E-state index < -0.39 is 0 Å². The third-order valence-corrected chi connectivity index (χ3v) is 6.19. The number of aliphatic hydroxyl groups excluding tert-OH is 1. The van der Waals surface area contributed by atoms with Crippen molar-refractivity contribution in [2.45, 2.75) is 38.8 Å². The van der Waals surface area contributed by atoms with E-state index >= 15 is 0 Å². The average Bonchev–Trinajstić information content (AvgIpc) is 3.08. The molecule has 1 aliphatic rings. The molecule has 5 heteroatoms. The Morgan fingerprint density at radius 1 is 1.03 bits per heavy atom. The van der Waals surface area contributed by atoms with Gasteiger partial charge in [0.05, 0.1) is 26.4 Å². The molecule has 2 atom stereocenters. The second-order valence-electron chi connectivity index (χ2n) is 8.21. The van der Waals surface area contributed by atoms with Gasteiger partial charge in [-0.3, -0.25) is 4.79 Å². The Hall–Kier alpha value is -3.31. The number of amides is 1. The maximum Gasteiger partial charge on any atom is 0.259 e. The number of rotatable bonds is 8. The van der Waals surface area contributed by atoms with E-state index in [1.54, 1.807) is 18.1 Å². The maximum absolute atomic E-state index is 13.2. The van der Waals surface area contributed by atoms with E-state index in [0.29, 0.717) is 29.6 Å². The van der Waals surface area contributed by atoms with Crippen molar-refractivity contribution in [2.75, 3.05) is 18.6 Å². The molecule has 4 rings (SSSR count). The van der Waals surface area contributed by atoms with Crippen LogP contribution in [-0.4, -0.2) is 24.7 Å². The van der Waals surface area contributed by atoms with E-state index in [1.807, 2.05) is 43.3 Å². The van der Waals surface area contributed by atoms with Gasteiger partial charge in [0, 0.05) is 17.3 Å². The van der Waals surface area contributed by atoms with Crippen LogP contribution >= 0.6 is 0 Å². The number of ether oxygens (including phenoxy) is 2. The average molecular weight is 432 g/mol. The SMILES string of the molecule is COc1ccc(N2C(=O)c3cc(CO)ccc3C2C)cc1OCCC(C)c1ccccc1. The number of hydrogen-bond donors (Lipinski definition) is 1. The summed E-state index contributed by atoms with van der Waals surface area (Å²) in [6.45, 7) is 4.65. The number of methoxy groups -OCH3 is 1. The Kier molecular flexibility index (Phi) is 6.47. The van der Waals surface area contributed by atoms with Gasteiger partial charge in [-0.1, -0.05) is 49.4 Å². The molecule has 5 nitrogen and oxygen atoms in total. The van der Waals surface area contributed by atoms with E-state index in [0.717, 1.165) is 23.2 Å². The Bertz CT molecular complexity index is 1100. The van der Waals surface area contributed by atoms with Crippen LogP contribution in [0.2, 0.25) is 0 Å². The van der Waals surface area contributed by atoms with Crippen LogP contribution in [0.15, 0.2) is 66.7 Å². The highest BCUT2D eigenvalue weighted by Gasteiger charge is 2.35. The molecule has 32 heavy (non-hydrogen) atoms. The van der Waals surface area contributed by atoms with Gasteiger partial charge in [0.2, 0.25) is 0 Å². The first-order valence-corrected chi connectivity index (χ1v) is 11.0. The van der Waals surface area contributed by atoms with Gasteiger partial charge in [-0.15, -0.1) is 0 Å². The summed E-state index contributed by atoms with van der Waals surface area (Å²) in [4.78, 5) is 14.9. The minimum Gasteiger partial charge on any atom is -0.493 e. The molecule has 0 spiro atoms. The number of carbonyl (C=O) groups excluding carboxylic acids is 1. The molecular weight excluding hydrogens is 402 g/mol. The number of nitrogens with zero attached hydrogens (tertiary/aromatic N) is 1. The van der Waals surface area contributed by atoms with Crippen LogP contribution in [0.5, 0.6) is 11.5 Å². The summed E-state index contributed by atoms with van der Waals surface area (Å²) < 4.78 is 11.6. The lowest BCUT2D eigenvalue weighted by atomic mass is 9.98. The van der Waals surface area contributed by atoms with Gasteiger partial charge in [0.1, 0.15) is 0 Å². The highest BCUT2D eigenvalue weighted by Crippen LogP contribution is 2.41. The van der Waals surface area contributed by atoms with E-state index in [9.17, 15) is 9.90 Å². The van der Waals surface area contributed by atoms with Crippen LogP contribution in [-0.2, 0) is 6.61 Å². The van der Waals surface area contributed by atoms with E-state index in [-0.39, 0.29) is 18.6 Å². The fourth-order valence-electron chi connectivity index (χ4n) is 4.26. The van der Waals surface area contributed by atoms with E-state index in [1.165, 1.54) is 5.56 Å². The molecule has 1 aliphatic heterocycles. The van der Waals surface area contributed by atoms with Crippen LogP contribution in [0, 0.1) is 0 Å². The van der Waals surface area contributed by atoms with Gasteiger partial charge < -0.3 is 19.5 Å². The van der Waals surface area contributed by atoms with Gasteiger partial charge in [0.15, 0.2) is 11.5 Å². The summed E-state index contributed by atoms with van der Waals surface area (Å²) in [5, 5.41) is 9.44. The summed E-state index contributed by atoms with van der Waals surface area (Å²) in [7, 11) is 1.62. The Morgan fingerprint density at radius 3 is 2.53 bits per heavy atom. The second-order valence-corrected chi connectivity index (χ2v) is 8.21. The third-order valence-electron chi connectivity index (χ3n) is 6.19. The Balaban J connectivity index is 1.52. The summed E-state index contributed by atoms with van der Waals surface area (Å²) in [5.41, 5.74) is 4.38. The minimum absolute atomic E-state index is 0.0726. The van der Waals surface area contributed by atoms with Crippen molar-refractivity contribution in [1.82, 2.24) is 0 Å². The third kappa shape index (κ3) is 4.21. The van der Waals surface area contributed by atoms with Crippen LogP contribution in [0.3, 0.4) is 0 Å². The molecule has 0 saturated carbocycles. The summed E-state index contributed by atoms with van der Waals surface area (Å²) >= 11 is 0. The van der Waals surface area contributed by atoms with E-state index in [2.05, 4.69) is 31.2 Å². The molecule has 0 fully saturated rings. The largest absolute Gasteiger partial charge is 0.493 e. The second kappa shape index (κ2) is 9.45. The van der Waals surface area contributed by atoms with Crippen molar-refractivity contribution in [2.24, 2.45) is 0 Å². The standard InChI is InChI=1S/C27H29NO4/c1-18(21-7-5-4-6-8-21)13-14-32-26-16-22(10-12-25(26)31-3)28-19(2)23-11-9-20(17-29)15-24(23)27(28)30/h4-12,15-16,18-19,29H,13-14,17H2,1-3H3. The maximum atomic E-state index is 13.2. The zero-order valence-corrected chi connectivity index (χ0v) is 18.7. The predicted octanol–water partition coefficient (Wildman–Crippen LogP) is 5.48. The smallest absolute Gasteiger partial charge is 0.259 e. The number of aliphatic hydroxyl groups is 1. The van der Waals surface area contributed by atoms with Gasteiger partial charge in [-0.2, -0.15) is 0 Å². The monoisotopic (exact) mass is 431 g/mol. The molecule has 0 bridgehead atoms. The van der Waals surface area contributed by atoms with Gasteiger partial charge in [0.25, 0.3) is 5.91 Å². The van der Waals surface area contributed by atoms with Crippen LogP contribution in [0.1, 0.15) is 59.3 Å². The number of fused-ring (bicyclic) bond motifs is 1. The molecule has 0 aliphatic carbocycles. The first-order chi connectivity index (χ1) is 15.5. The summed E-state index contributed by atoms with van der Waals surface area (Å²) in [5.74, 6) is 1.56. The number of carbonyl (C=O) groups is 1. The zero-order chi connectivity index (χ0) is 22.7. The van der Waals surface area contributed by atoms with Crippen molar-refractivity contribution in [3.63, 3.8) is 0 Å². The Morgan fingerprint density at radius 2 is 1.81 bits per heavy atom. The molecule has 2 unspecified atom stereocenters. The topological polar surface area (TPSA) is 59.0 Å². The molecule has 3 aromatic carbocycles. The fraction of sp³-hybridized carbons (Fsp3) is 0.296. The lowest BCUT2D eigenvalue weighted by Gasteiger charge is -2.23. The first kappa shape index (κ1) is 21.9. The predicted molar refractivity (Wildman–Crippen MR) is 126 cm³/mol. The molecule has 1 heterocycles. The molecular formula is C27H29NO4. The fourth-order valence-corrected chi connectivity index (χ4v) is 4.26.